The number of carboxylic acid groups (broad SMARTS) is 1. The molecule has 31 heavy (non-hydrogen) atoms. The summed E-state index contributed by atoms with van der Waals surface area (Å²) in [6.45, 7) is 3.67. The van der Waals surface area contributed by atoms with Gasteiger partial charge in [-0.05, 0) is 30.5 Å². The normalized spacial score (nSPS) is 10.7. The van der Waals surface area contributed by atoms with Crippen LogP contribution in [0.25, 0.3) is 0 Å². The molecular weight excluding hydrogens is 406 g/mol. The zero-order valence-corrected chi connectivity index (χ0v) is 18.3. The van der Waals surface area contributed by atoms with Crippen LogP contribution in [0.2, 0.25) is 0 Å². The molecular formula is C22H35NO8. The maximum Gasteiger partial charge on any atom is 0.305 e. The largest absolute Gasteiger partial charge is 0.497 e. The van der Waals surface area contributed by atoms with E-state index < -0.39 is 5.97 Å². The predicted molar refractivity (Wildman–Crippen MR) is 114 cm³/mol. The smallest absolute Gasteiger partial charge is 0.305 e. The minimum Gasteiger partial charge on any atom is -0.497 e. The third-order valence-corrected chi connectivity index (χ3v) is 4.17. The maximum absolute atomic E-state index is 11.8. The van der Waals surface area contributed by atoms with E-state index in [2.05, 4.69) is 5.32 Å². The van der Waals surface area contributed by atoms with Crippen molar-refractivity contribution >= 4 is 11.9 Å². The number of amides is 1. The van der Waals surface area contributed by atoms with Crippen LogP contribution in [0.5, 0.6) is 5.75 Å². The summed E-state index contributed by atoms with van der Waals surface area (Å²) >= 11 is 0. The average Bonchev–Trinajstić information content (AvgIpc) is 2.76. The highest BCUT2D eigenvalue weighted by Gasteiger charge is 2.02. The van der Waals surface area contributed by atoms with Crippen LogP contribution in [0, 0.1) is 0 Å². The van der Waals surface area contributed by atoms with Crippen molar-refractivity contribution in [3.05, 3.63) is 29.8 Å². The van der Waals surface area contributed by atoms with Crippen molar-refractivity contribution in [2.75, 3.05) is 66.5 Å². The van der Waals surface area contributed by atoms with Gasteiger partial charge < -0.3 is 34.1 Å². The topological polar surface area (TPSA) is 113 Å². The van der Waals surface area contributed by atoms with Gasteiger partial charge in [-0.15, -0.1) is 0 Å². The summed E-state index contributed by atoms with van der Waals surface area (Å²) in [5, 5.41) is 11.3. The summed E-state index contributed by atoms with van der Waals surface area (Å²) in [7, 11) is 1.64. The van der Waals surface area contributed by atoms with Crippen LogP contribution in [-0.4, -0.2) is 83.5 Å². The number of methoxy groups -OCH3 is 1. The monoisotopic (exact) mass is 441 g/mol. The lowest BCUT2D eigenvalue weighted by molar-refractivity contribution is -0.138. The highest BCUT2D eigenvalue weighted by molar-refractivity contribution is 5.75. The Labute approximate surface area is 184 Å². The number of hydrogen-bond acceptors (Lipinski definition) is 7. The number of benzene rings is 1. The van der Waals surface area contributed by atoms with Crippen LogP contribution >= 0.6 is 0 Å². The highest BCUT2D eigenvalue weighted by atomic mass is 16.6. The first-order chi connectivity index (χ1) is 15.1. The fourth-order valence-corrected chi connectivity index (χ4v) is 2.52. The molecule has 0 atom stereocenters. The van der Waals surface area contributed by atoms with Gasteiger partial charge in [-0.1, -0.05) is 12.1 Å². The van der Waals surface area contributed by atoms with Gasteiger partial charge >= 0.3 is 5.97 Å². The number of rotatable bonds is 20. The van der Waals surface area contributed by atoms with E-state index in [0.717, 1.165) is 18.6 Å². The second kappa shape index (κ2) is 18.6. The summed E-state index contributed by atoms with van der Waals surface area (Å²) in [5.74, 6) is -0.0193. The molecule has 0 aliphatic carbocycles. The Morgan fingerprint density at radius 3 is 1.90 bits per heavy atom. The number of carbonyl (C=O) groups excluding carboxylic acids is 1. The van der Waals surface area contributed by atoms with Crippen molar-refractivity contribution in [3.8, 4) is 5.75 Å². The molecule has 9 nitrogen and oxygen atoms in total. The van der Waals surface area contributed by atoms with Crippen LogP contribution < -0.4 is 10.1 Å². The molecule has 0 aliphatic rings. The summed E-state index contributed by atoms with van der Waals surface area (Å²) in [5.41, 5.74) is 1.19. The van der Waals surface area contributed by atoms with Crippen molar-refractivity contribution in [3.63, 3.8) is 0 Å². The zero-order chi connectivity index (χ0) is 22.6. The second-order valence-electron chi connectivity index (χ2n) is 6.64. The number of aryl methyl sites for hydroxylation is 1. The third kappa shape index (κ3) is 16.2. The van der Waals surface area contributed by atoms with E-state index >= 15 is 0 Å². The van der Waals surface area contributed by atoms with Crippen molar-refractivity contribution in [2.45, 2.75) is 25.7 Å². The van der Waals surface area contributed by atoms with E-state index in [9.17, 15) is 9.59 Å². The van der Waals surface area contributed by atoms with Gasteiger partial charge in [-0.3, -0.25) is 9.59 Å². The summed E-state index contributed by atoms with van der Waals surface area (Å²) in [6, 6.07) is 7.87. The molecule has 0 radical (unpaired) electrons. The molecule has 0 spiro atoms. The molecule has 0 aromatic heterocycles. The van der Waals surface area contributed by atoms with Gasteiger partial charge in [-0.25, -0.2) is 0 Å². The standard InChI is InChI=1S/C22H35NO8/c1-27-20-7-5-19(6-8-20)3-2-4-21(24)23-10-12-29-14-16-31-18-17-30-15-13-28-11-9-22(25)26/h5-8H,2-4,9-18H2,1H3,(H,23,24)(H,25,26). The van der Waals surface area contributed by atoms with E-state index in [1.54, 1.807) is 7.11 Å². The highest BCUT2D eigenvalue weighted by Crippen LogP contribution is 2.13. The number of carboxylic acids is 1. The first-order valence-corrected chi connectivity index (χ1v) is 10.5. The minimum atomic E-state index is -0.875. The van der Waals surface area contributed by atoms with Crippen molar-refractivity contribution in [1.82, 2.24) is 5.32 Å². The van der Waals surface area contributed by atoms with Crippen LogP contribution in [0.4, 0.5) is 0 Å². The molecule has 0 bridgehead atoms. The lowest BCUT2D eigenvalue weighted by Gasteiger charge is -2.08. The summed E-state index contributed by atoms with van der Waals surface area (Å²) in [6.07, 6.45) is 2.13. The molecule has 1 rings (SSSR count). The van der Waals surface area contributed by atoms with E-state index in [1.807, 2.05) is 24.3 Å². The fourth-order valence-electron chi connectivity index (χ4n) is 2.52. The number of ether oxygens (including phenoxy) is 5. The fraction of sp³-hybridized carbons (Fsp3) is 0.636. The Balaban J connectivity index is 1.81. The number of carbonyl (C=O) groups is 2. The Kier molecular flexibility index (Phi) is 16.1. The predicted octanol–water partition coefficient (Wildman–Crippen LogP) is 1.68. The number of nitrogens with one attached hydrogen (secondary N) is 1. The van der Waals surface area contributed by atoms with Gasteiger partial charge in [-0.2, -0.15) is 0 Å². The zero-order valence-electron chi connectivity index (χ0n) is 18.3. The van der Waals surface area contributed by atoms with E-state index in [4.69, 9.17) is 28.8 Å². The van der Waals surface area contributed by atoms with Crippen LogP contribution in [0.15, 0.2) is 24.3 Å². The van der Waals surface area contributed by atoms with Gasteiger partial charge in [0.05, 0.1) is 66.4 Å². The molecule has 0 aliphatic heterocycles. The van der Waals surface area contributed by atoms with Crippen LogP contribution in [-0.2, 0) is 35.0 Å². The molecule has 0 fully saturated rings. The Hall–Kier alpha value is -2.20. The third-order valence-electron chi connectivity index (χ3n) is 4.17. The lowest BCUT2D eigenvalue weighted by atomic mass is 10.1. The minimum absolute atomic E-state index is 0.00260. The van der Waals surface area contributed by atoms with E-state index in [-0.39, 0.29) is 18.9 Å². The first kappa shape index (κ1) is 26.8. The van der Waals surface area contributed by atoms with Gasteiger partial charge in [0.25, 0.3) is 0 Å². The van der Waals surface area contributed by atoms with Gasteiger partial charge in [0, 0.05) is 13.0 Å². The van der Waals surface area contributed by atoms with E-state index in [1.165, 1.54) is 5.56 Å². The Bertz CT molecular complexity index is 594. The quantitative estimate of drug-likeness (QED) is 0.294. The van der Waals surface area contributed by atoms with Crippen LogP contribution in [0.1, 0.15) is 24.8 Å². The SMILES string of the molecule is COc1ccc(CCCC(=O)NCCOCCOCCOCCOCCC(=O)O)cc1. The van der Waals surface area contributed by atoms with E-state index in [0.29, 0.717) is 59.2 Å². The molecule has 1 amide bonds. The van der Waals surface area contributed by atoms with Gasteiger partial charge in [0.15, 0.2) is 0 Å². The van der Waals surface area contributed by atoms with Crippen LogP contribution in [0.3, 0.4) is 0 Å². The molecule has 176 valence electrons. The molecule has 0 saturated heterocycles. The lowest BCUT2D eigenvalue weighted by Crippen LogP contribution is -2.27. The molecule has 2 N–H and O–H groups in total. The Morgan fingerprint density at radius 1 is 0.806 bits per heavy atom. The number of aliphatic carboxylic acids is 1. The molecule has 1 aromatic rings. The molecule has 0 saturated carbocycles. The molecule has 9 heteroatoms. The molecule has 0 unspecified atom stereocenters. The second-order valence-corrected chi connectivity index (χ2v) is 6.64. The summed E-state index contributed by atoms with van der Waals surface area (Å²) < 4.78 is 26.3. The average molecular weight is 442 g/mol. The van der Waals surface area contributed by atoms with Crippen molar-refractivity contribution in [2.24, 2.45) is 0 Å². The molecule has 0 heterocycles. The van der Waals surface area contributed by atoms with Crippen molar-refractivity contribution in [1.29, 1.82) is 0 Å². The first-order valence-electron chi connectivity index (χ1n) is 10.5. The van der Waals surface area contributed by atoms with Crippen molar-refractivity contribution < 1.29 is 38.4 Å². The summed E-state index contributed by atoms with van der Waals surface area (Å²) in [4.78, 5) is 22.1. The number of hydrogen-bond donors (Lipinski definition) is 2. The van der Waals surface area contributed by atoms with Gasteiger partial charge in [0.1, 0.15) is 5.75 Å². The van der Waals surface area contributed by atoms with Gasteiger partial charge in [0.2, 0.25) is 5.91 Å². The Morgan fingerprint density at radius 2 is 1.35 bits per heavy atom. The molecule has 1 aromatic carbocycles. The maximum atomic E-state index is 11.8.